The van der Waals surface area contributed by atoms with Gasteiger partial charge in [-0.3, -0.25) is 19.5 Å². The summed E-state index contributed by atoms with van der Waals surface area (Å²) in [6, 6.07) is 0. The van der Waals surface area contributed by atoms with Crippen molar-refractivity contribution in [2.75, 3.05) is 12.4 Å². The number of hydrogen-bond donors (Lipinski definition) is 1. The summed E-state index contributed by atoms with van der Waals surface area (Å²) in [5.41, 5.74) is 0.991. The molecule has 142 valence electrons. The number of rotatable bonds is 5. The molecule has 0 aliphatic heterocycles. The molecule has 0 bridgehead atoms. The molecule has 1 N–H and O–H groups in total. The second kappa shape index (κ2) is 7.45. The van der Waals surface area contributed by atoms with Gasteiger partial charge in [0.25, 0.3) is 5.56 Å². The number of carbonyl (C=O) groups is 1. The van der Waals surface area contributed by atoms with Gasteiger partial charge in [0.1, 0.15) is 28.8 Å². The SMILES string of the molecule is COCc1nnc(NC(=O)Cn2c(C)nc3sc4c(c3c2=O)CCCC4)s1. The quantitative estimate of drug-likeness (QED) is 0.699. The van der Waals surface area contributed by atoms with Gasteiger partial charge in [0, 0.05) is 12.0 Å². The predicted octanol–water partition coefficient (Wildman–Crippen LogP) is 2.28. The Morgan fingerprint density at radius 1 is 1.26 bits per heavy atom. The Kier molecular flexibility index (Phi) is 5.02. The van der Waals surface area contributed by atoms with Crippen molar-refractivity contribution in [2.24, 2.45) is 0 Å². The summed E-state index contributed by atoms with van der Waals surface area (Å²) < 4.78 is 6.44. The fourth-order valence-corrected chi connectivity index (χ4v) is 5.34. The largest absolute Gasteiger partial charge is 0.377 e. The molecule has 3 aromatic heterocycles. The van der Waals surface area contributed by atoms with Gasteiger partial charge in [-0.05, 0) is 38.2 Å². The van der Waals surface area contributed by atoms with E-state index in [2.05, 4.69) is 20.5 Å². The highest BCUT2D eigenvalue weighted by Gasteiger charge is 2.22. The van der Waals surface area contributed by atoms with Crippen LogP contribution in [0.1, 0.15) is 34.1 Å². The average molecular weight is 406 g/mol. The van der Waals surface area contributed by atoms with Crippen LogP contribution >= 0.6 is 22.7 Å². The van der Waals surface area contributed by atoms with Crippen molar-refractivity contribution in [2.45, 2.75) is 45.8 Å². The number of anilines is 1. The van der Waals surface area contributed by atoms with Crippen molar-refractivity contribution in [1.29, 1.82) is 0 Å². The Morgan fingerprint density at radius 3 is 2.89 bits per heavy atom. The van der Waals surface area contributed by atoms with E-state index >= 15 is 0 Å². The summed E-state index contributed by atoms with van der Waals surface area (Å²) in [5, 5.41) is 12.3. The predicted molar refractivity (Wildman–Crippen MR) is 105 cm³/mol. The summed E-state index contributed by atoms with van der Waals surface area (Å²) in [6.07, 6.45) is 4.17. The first kappa shape index (κ1) is 18.2. The number of nitrogens with zero attached hydrogens (tertiary/aromatic N) is 4. The molecule has 1 aliphatic rings. The monoisotopic (exact) mass is 405 g/mol. The van der Waals surface area contributed by atoms with Gasteiger partial charge in [-0.25, -0.2) is 4.98 Å². The third kappa shape index (κ3) is 3.52. The maximum absolute atomic E-state index is 13.1. The van der Waals surface area contributed by atoms with E-state index in [1.54, 1.807) is 25.4 Å². The van der Waals surface area contributed by atoms with Gasteiger partial charge in [0.15, 0.2) is 0 Å². The highest BCUT2D eigenvalue weighted by Crippen LogP contribution is 2.33. The normalized spacial score (nSPS) is 13.7. The first-order chi connectivity index (χ1) is 13.1. The molecular formula is C17H19N5O3S2. The van der Waals surface area contributed by atoms with Gasteiger partial charge in [0.05, 0.1) is 5.39 Å². The van der Waals surface area contributed by atoms with E-state index in [0.717, 1.165) is 36.1 Å². The summed E-state index contributed by atoms with van der Waals surface area (Å²) in [4.78, 5) is 32.1. The maximum atomic E-state index is 13.1. The lowest BCUT2D eigenvalue weighted by Gasteiger charge is -2.11. The van der Waals surface area contributed by atoms with E-state index in [0.29, 0.717) is 28.0 Å². The molecule has 1 amide bonds. The van der Waals surface area contributed by atoms with Crippen LogP contribution in [0.3, 0.4) is 0 Å². The van der Waals surface area contributed by atoms with E-state index in [-0.39, 0.29) is 18.0 Å². The average Bonchev–Trinajstić information content (AvgIpc) is 3.22. The molecule has 8 nitrogen and oxygen atoms in total. The Labute approximate surface area is 163 Å². The molecule has 4 rings (SSSR count). The van der Waals surface area contributed by atoms with Crippen LogP contribution in [0.15, 0.2) is 4.79 Å². The molecule has 3 aromatic rings. The number of methoxy groups -OCH3 is 1. The molecular weight excluding hydrogens is 386 g/mol. The number of aryl methyl sites for hydroxylation is 3. The number of hydrogen-bond acceptors (Lipinski definition) is 8. The van der Waals surface area contributed by atoms with Crippen LogP contribution in [0.4, 0.5) is 5.13 Å². The molecule has 0 fully saturated rings. The second-order valence-corrected chi connectivity index (χ2v) is 8.57. The minimum Gasteiger partial charge on any atom is -0.377 e. The molecule has 0 saturated carbocycles. The zero-order valence-corrected chi connectivity index (χ0v) is 16.7. The van der Waals surface area contributed by atoms with Crippen molar-refractivity contribution in [3.05, 3.63) is 31.6 Å². The highest BCUT2D eigenvalue weighted by atomic mass is 32.1. The topological polar surface area (TPSA) is 99.0 Å². The molecule has 3 heterocycles. The zero-order chi connectivity index (χ0) is 19.0. The molecule has 0 unspecified atom stereocenters. The Morgan fingerprint density at radius 2 is 2.07 bits per heavy atom. The lowest BCUT2D eigenvalue weighted by molar-refractivity contribution is -0.116. The highest BCUT2D eigenvalue weighted by molar-refractivity contribution is 7.18. The molecule has 0 radical (unpaired) electrons. The van der Waals surface area contributed by atoms with Crippen LogP contribution in [0.2, 0.25) is 0 Å². The summed E-state index contributed by atoms with van der Waals surface area (Å²) >= 11 is 2.86. The van der Waals surface area contributed by atoms with Crippen molar-refractivity contribution < 1.29 is 9.53 Å². The maximum Gasteiger partial charge on any atom is 0.263 e. The number of aromatic nitrogens is 4. The van der Waals surface area contributed by atoms with Crippen LogP contribution in [0.25, 0.3) is 10.2 Å². The van der Waals surface area contributed by atoms with Crippen LogP contribution < -0.4 is 10.9 Å². The lowest BCUT2D eigenvalue weighted by atomic mass is 9.97. The third-order valence-corrected chi connectivity index (χ3v) is 6.55. The third-order valence-electron chi connectivity index (χ3n) is 4.55. The number of fused-ring (bicyclic) bond motifs is 3. The number of nitrogens with one attached hydrogen (secondary N) is 1. The Balaban J connectivity index is 1.61. The minimum atomic E-state index is -0.328. The van der Waals surface area contributed by atoms with E-state index in [4.69, 9.17) is 4.74 Å². The number of ether oxygens (including phenoxy) is 1. The second-order valence-electron chi connectivity index (χ2n) is 6.42. The zero-order valence-electron chi connectivity index (χ0n) is 15.1. The number of amides is 1. The smallest absolute Gasteiger partial charge is 0.263 e. The van der Waals surface area contributed by atoms with E-state index in [9.17, 15) is 9.59 Å². The first-order valence-corrected chi connectivity index (χ1v) is 10.3. The van der Waals surface area contributed by atoms with E-state index in [1.165, 1.54) is 20.8 Å². The molecule has 0 spiro atoms. The standard InChI is InChI=1S/C17H19N5O3S2/c1-9-18-15-14(10-5-3-4-6-11(10)26-15)16(24)22(9)7-12(23)19-17-21-20-13(27-17)8-25-2/h3-8H2,1-2H3,(H,19,21,23). The van der Waals surface area contributed by atoms with Crippen LogP contribution in [-0.2, 0) is 35.5 Å². The van der Waals surface area contributed by atoms with E-state index in [1.807, 2.05) is 0 Å². The summed E-state index contributed by atoms with van der Waals surface area (Å²) in [6.45, 7) is 2.00. The molecule has 0 saturated heterocycles. The van der Waals surface area contributed by atoms with Gasteiger partial charge in [0.2, 0.25) is 11.0 Å². The Bertz CT molecular complexity index is 1070. The van der Waals surface area contributed by atoms with Crippen molar-refractivity contribution in [3.63, 3.8) is 0 Å². The van der Waals surface area contributed by atoms with Crippen molar-refractivity contribution in [3.8, 4) is 0 Å². The van der Waals surface area contributed by atoms with Crippen LogP contribution in [-0.4, -0.2) is 32.8 Å². The number of thiophene rings is 1. The molecule has 10 heteroatoms. The van der Waals surface area contributed by atoms with Crippen LogP contribution in [0, 0.1) is 6.92 Å². The molecule has 1 aliphatic carbocycles. The van der Waals surface area contributed by atoms with Gasteiger partial charge in [-0.2, -0.15) is 0 Å². The van der Waals surface area contributed by atoms with Gasteiger partial charge >= 0.3 is 0 Å². The molecule has 0 atom stereocenters. The van der Waals surface area contributed by atoms with Gasteiger partial charge in [-0.1, -0.05) is 11.3 Å². The van der Waals surface area contributed by atoms with Crippen LogP contribution in [0.5, 0.6) is 0 Å². The lowest BCUT2D eigenvalue weighted by Crippen LogP contribution is -2.30. The van der Waals surface area contributed by atoms with Crippen molar-refractivity contribution >= 4 is 43.9 Å². The molecule has 0 aromatic carbocycles. The van der Waals surface area contributed by atoms with Crippen molar-refractivity contribution in [1.82, 2.24) is 19.7 Å². The summed E-state index contributed by atoms with van der Waals surface area (Å²) in [5.74, 6) is 0.212. The summed E-state index contributed by atoms with van der Waals surface area (Å²) in [7, 11) is 1.57. The first-order valence-electron chi connectivity index (χ1n) is 8.69. The fraction of sp³-hybridized carbons (Fsp3) is 0.471. The van der Waals surface area contributed by atoms with Gasteiger partial charge < -0.3 is 4.74 Å². The van der Waals surface area contributed by atoms with Gasteiger partial charge in [-0.15, -0.1) is 21.5 Å². The number of carbonyl (C=O) groups excluding carboxylic acids is 1. The minimum absolute atomic E-state index is 0.0998. The van der Waals surface area contributed by atoms with E-state index < -0.39 is 0 Å². The molecule has 27 heavy (non-hydrogen) atoms. The Hall–Kier alpha value is -2.17. The fourth-order valence-electron chi connectivity index (χ4n) is 3.31.